The highest BCUT2D eigenvalue weighted by atomic mass is 14.7. The van der Waals surface area contributed by atoms with Crippen LogP contribution in [0.15, 0.2) is 12.2 Å². The van der Waals surface area contributed by atoms with Gasteiger partial charge < -0.3 is 0 Å². The smallest absolute Gasteiger partial charge is 0.0139 e. The second-order valence-corrected chi connectivity index (χ2v) is 17.0. The van der Waals surface area contributed by atoms with Gasteiger partial charge in [0.1, 0.15) is 0 Å². The number of hydrogen-bond donors (Lipinski definition) is 0. The lowest BCUT2D eigenvalue weighted by Crippen LogP contribution is -2.39. The first-order valence-corrected chi connectivity index (χ1v) is 18.7. The molecule has 3 aliphatic carbocycles. The van der Waals surface area contributed by atoms with E-state index < -0.39 is 0 Å². The van der Waals surface area contributed by atoms with Crippen molar-refractivity contribution < 1.29 is 0 Å². The normalized spacial score (nSPS) is 32.4. The van der Waals surface area contributed by atoms with Crippen LogP contribution in [0.4, 0.5) is 0 Å². The van der Waals surface area contributed by atoms with E-state index in [9.17, 15) is 0 Å². The minimum absolute atomic E-state index is 0.677. The molecule has 0 nitrogen and oxygen atoms in total. The predicted molar refractivity (Wildman–Crippen MR) is 180 cm³/mol. The van der Waals surface area contributed by atoms with Crippen molar-refractivity contribution in [2.75, 3.05) is 0 Å². The number of allylic oxidation sites excluding steroid dienone is 1. The fraction of sp³-hybridized carbons (Fsp3) is 0.950. The Bertz CT molecular complexity index is 718. The summed E-state index contributed by atoms with van der Waals surface area (Å²) >= 11 is 0. The first-order chi connectivity index (χ1) is 19.0. The Labute approximate surface area is 253 Å². The Balaban J connectivity index is 1.18. The summed E-state index contributed by atoms with van der Waals surface area (Å²) in [5.41, 5.74) is 2.33. The van der Waals surface area contributed by atoms with Gasteiger partial charge in [-0.2, -0.15) is 0 Å². The van der Waals surface area contributed by atoms with Gasteiger partial charge in [0.25, 0.3) is 0 Å². The molecule has 0 aliphatic heterocycles. The Kier molecular flexibility index (Phi) is 14.2. The molecule has 0 heterocycles. The molecule has 10 unspecified atom stereocenters. The van der Waals surface area contributed by atoms with E-state index in [2.05, 4.69) is 55.4 Å². The van der Waals surface area contributed by atoms with Crippen molar-refractivity contribution in [2.24, 2.45) is 64.6 Å². The average molecular weight is 555 g/mol. The van der Waals surface area contributed by atoms with Crippen molar-refractivity contribution in [2.45, 2.75) is 177 Å². The number of hydrogen-bond acceptors (Lipinski definition) is 0. The minimum atomic E-state index is 0.677. The number of rotatable bonds is 21. The van der Waals surface area contributed by atoms with Gasteiger partial charge in [0.2, 0.25) is 0 Å². The molecule has 0 aromatic carbocycles. The summed E-state index contributed by atoms with van der Waals surface area (Å²) in [6.07, 6.45) is 27.4. The monoisotopic (exact) mass is 555 g/mol. The van der Waals surface area contributed by atoms with Gasteiger partial charge in [-0.25, -0.2) is 0 Å². The lowest BCUT2D eigenvalue weighted by Gasteiger charge is -2.48. The molecule has 0 radical (unpaired) electrons. The van der Waals surface area contributed by atoms with Crippen molar-refractivity contribution in [3.8, 4) is 0 Å². The van der Waals surface area contributed by atoms with Crippen LogP contribution in [0.2, 0.25) is 0 Å². The molecule has 0 amide bonds. The predicted octanol–water partition coefficient (Wildman–Crippen LogP) is 13.3. The Morgan fingerprint density at radius 3 is 1.50 bits per heavy atom. The third-order valence-electron chi connectivity index (χ3n) is 12.9. The highest BCUT2D eigenvalue weighted by Gasteiger charge is 2.64. The molecule has 0 N–H and O–H groups in total. The maximum Gasteiger partial charge on any atom is -0.0139 e. The van der Waals surface area contributed by atoms with Crippen LogP contribution < -0.4 is 0 Å². The van der Waals surface area contributed by atoms with Gasteiger partial charge in [0.15, 0.2) is 0 Å². The van der Waals surface area contributed by atoms with Gasteiger partial charge in [-0.3, -0.25) is 0 Å². The first-order valence-electron chi connectivity index (χ1n) is 18.7. The molecule has 3 rings (SSSR count). The van der Waals surface area contributed by atoms with Gasteiger partial charge in [0, 0.05) is 0 Å². The molecule has 10 atom stereocenters. The zero-order chi connectivity index (χ0) is 29.3. The lowest BCUT2D eigenvalue weighted by atomic mass is 9.57. The van der Waals surface area contributed by atoms with Crippen molar-refractivity contribution in [1.29, 1.82) is 0 Å². The molecule has 0 aromatic rings. The average Bonchev–Trinajstić information content (AvgIpc) is 3.33. The van der Waals surface area contributed by atoms with Gasteiger partial charge in [-0.05, 0) is 96.7 Å². The fourth-order valence-corrected chi connectivity index (χ4v) is 9.98. The van der Waals surface area contributed by atoms with Crippen molar-refractivity contribution in [3.05, 3.63) is 12.2 Å². The molecule has 3 aliphatic rings. The molecule has 234 valence electrons. The largest absolute Gasteiger partial charge is 0.0996 e. The Morgan fingerprint density at radius 2 is 1.07 bits per heavy atom. The lowest BCUT2D eigenvalue weighted by molar-refractivity contribution is 0.0267. The zero-order valence-electron chi connectivity index (χ0n) is 28.9. The van der Waals surface area contributed by atoms with E-state index in [4.69, 9.17) is 6.58 Å². The standard InChI is InChI=1S/C40H74/c1-29(2)15-10-16-30(3)17-11-18-31(4)19-12-20-32(5)21-13-22-33(6)23-14-24-34(7)38-37-27-28-40(37,9)36-26-25-35(8)39(36)38/h29-33,35-39H,7,10-28H2,1-6,8-9H3. The zero-order valence-corrected chi connectivity index (χ0v) is 28.9. The van der Waals surface area contributed by atoms with Crippen LogP contribution in [-0.4, -0.2) is 0 Å². The van der Waals surface area contributed by atoms with Crippen molar-refractivity contribution >= 4 is 0 Å². The third-order valence-corrected chi connectivity index (χ3v) is 12.9. The van der Waals surface area contributed by atoms with Crippen LogP contribution in [0, 0.1) is 64.6 Å². The molecule has 40 heavy (non-hydrogen) atoms. The van der Waals surface area contributed by atoms with Crippen LogP contribution in [0.25, 0.3) is 0 Å². The molecule has 0 bridgehead atoms. The second-order valence-electron chi connectivity index (χ2n) is 17.0. The quantitative estimate of drug-likeness (QED) is 0.124. The van der Waals surface area contributed by atoms with E-state index >= 15 is 0 Å². The SMILES string of the molecule is C=C(CCCC(C)CCCC(C)CCCC(C)CCCC(C)CCCC(C)C)C1C2C(C)CCC2C2(C)CCC12. The summed E-state index contributed by atoms with van der Waals surface area (Å²) in [5.74, 6) is 9.32. The van der Waals surface area contributed by atoms with E-state index in [-0.39, 0.29) is 0 Å². The van der Waals surface area contributed by atoms with E-state index in [1.54, 1.807) is 5.57 Å². The van der Waals surface area contributed by atoms with Gasteiger partial charge in [0.05, 0.1) is 0 Å². The highest BCUT2D eigenvalue weighted by molar-refractivity contribution is 5.21. The second kappa shape index (κ2) is 16.6. The molecule has 0 saturated heterocycles. The van der Waals surface area contributed by atoms with Crippen LogP contribution in [-0.2, 0) is 0 Å². The van der Waals surface area contributed by atoms with Crippen molar-refractivity contribution in [3.63, 3.8) is 0 Å². The number of fused-ring (bicyclic) bond motifs is 3. The van der Waals surface area contributed by atoms with E-state index in [1.807, 2.05) is 0 Å². The highest BCUT2D eigenvalue weighted by Crippen LogP contribution is 2.71. The molecule has 0 spiro atoms. The van der Waals surface area contributed by atoms with Gasteiger partial charge >= 0.3 is 0 Å². The Morgan fingerprint density at radius 1 is 0.625 bits per heavy atom. The third kappa shape index (κ3) is 9.63. The molecular weight excluding hydrogens is 480 g/mol. The molecule has 3 saturated carbocycles. The fourth-order valence-electron chi connectivity index (χ4n) is 9.98. The van der Waals surface area contributed by atoms with Crippen LogP contribution >= 0.6 is 0 Å². The summed E-state index contributed by atoms with van der Waals surface area (Å²) in [5, 5.41) is 0. The summed E-state index contributed by atoms with van der Waals surface area (Å²) < 4.78 is 0. The van der Waals surface area contributed by atoms with Crippen LogP contribution in [0.3, 0.4) is 0 Å². The topological polar surface area (TPSA) is 0 Å². The van der Waals surface area contributed by atoms with Crippen molar-refractivity contribution in [1.82, 2.24) is 0 Å². The summed E-state index contributed by atoms with van der Waals surface area (Å²) in [6, 6.07) is 0. The maximum atomic E-state index is 4.74. The summed E-state index contributed by atoms with van der Waals surface area (Å²) in [6.45, 7) is 24.7. The summed E-state index contributed by atoms with van der Waals surface area (Å²) in [4.78, 5) is 0. The van der Waals surface area contributed by atoms with E-state index in [1.165, 1.54) is 122 Å². The van der Waals surface area contributed by atoms with Gasteiger partial charge in [-0.15, -0.1) is 0 Å². The van der Waals surface area contributed by atoms with Gasteiger partial charge in [-0.1, -0.05) is 157 Å². The first kappa shape index (κ1) is 34.2. The molecular formula is C40H74. The van der Waals surface area contributed by atoms with E-state index in [0.717, 1.165) is 59.2 Å². The van der Waals surface area contributed by atoms with Crippen LogP contribution in [0.5, 0.6) is 0 Å². The van der Waals surface area contributed by atoms with Crippen LogP contribution in [0.1, 0.15) is 177 Å². The Hall–Kier alpha value is -0.260. The minimum Gasteiger partial charge on any atom is -0.0996 e. The maximum absolute atomic E-state index is 4.74. The molecule has 3 fully saturated rings. The molecule has 0 heteroatoms. The summed E-state index contributed by atoms with van der Waals surface area (Å²) in [7, 11) is 0. The molecule has 0 aromatic heterocycles. The van der Waals surface area contributed by atoms with E-state index in [0.29, 0.717) is 5.41 Å².